The van der Waals surface area contributed by atoms with Gasteiger partial charge in [-0.1, -0.05) is 0 Å². The molecule has 2 aromatic rings. The second-order valence-electron chi connectivity index (χ2n) is 5.87. The summed E-state index contributed by atoms with van der Waals surface area (Å²) in [6.45, 7) is 5.82. The van der Waals surface area contributed by atoms with E-state index in [0.717, 1.165) is 0 Å². The van der Waals surface area contributed by atoms with Gasteiger partial charge in [0.05, 0.1) is 17.7 Å². The number of urea groups is 1. The third-order valence-electron chi connectivity index (χ3n) is 3.29. The molecule has 0 fully saturated rings. The Kier molecular flexibility index (Phi) is 4.27. The van der Waals surface area contributed by atoms with Gasteiger partial charge in [0.15, 0.2) is 5.58 Å². The summed E-state index contributed by atoms with van der Waals surface area (Å²) >= 11 is 0. The van der Waals surface area contributed by atoms with Gasteiger partial charge in [0.2, 0.25) is 0 Å². The quantitative estimate of drug-likeness (QED) is 0.901. The Morgan fingerprint density at radius 2 is 2.14 bits per heavy atom. The number of likely N-dealkylation sites (N-methyl/N-ethyl adjacent to an activating group) is 1. The molecule has 0 radical (unpaired) electrons. The number of rotatable bonds is 4. The molecule has 2 amide bonds. The number of fused-ring (bicyclic) bond motifs is 1. The first-order valence-corrected chi connectivity index (χ1v) is 7.09. The van der Waals surface area contributed by atoms with E-state index in [0.29, 0.717) is 23.3 Å². The lowest BCUT2D eigenvalue weighted by Crippen LogP contribution is -2.44. The highest BCUT2D eigenvalue weighted by molar-refractivity contribution is 5.91. The number of carbonyl (C=O) groups is 1. The van der Waals surface area contributed by atoms with Crippen LogP contribution in [0.1, 0.15) is 20.8 Å². The van der Waals surface area contributed by atoms with Gasteiger partial charge in [-0.3, -0.25) is 4.57 Å². The molecular formula is C15H21N3O4. The molecule has 0 saturated heterocycles. The Balaban J connectivity index is 2.19. The molecule has 1 heterocycles. The fraction of sp³-hybridized carbons (Fsp3) is 0.467. The summed E-state index contributed by atoms with van der Waals surface area (Å²) < 4.78 is 6.49. The molecule has 0 atom stereocenters. The molecule has 7 nitrogen and oxygen atoms in total. The van der Waals surface area contributed by atoms with E-state index in [-0.39, 0.29) is 12.6 Å². The number of carbonyl (C=O) groups excluding carboxylic acids is 1. The first-order valence-electron chi connectivity index (χ1n) is 7.09. The molecule has 2 rings (SSSR count). The Labute approximate surface area is 128 Å². The van der Waals surface area contributed by atoms with Gasteiger partial charge in [-0.05, 0) is 32.9 Å². The summed E-state index contributed by atoms with van der Waals surface area (Å²) in [7, 11) is 1.62. The summed E-state index contributed by atoms with van der Waals surface area (Å²) in [5, 5.41) is 12.6. The Hall–Kier alpha value is -2.28. The fourth-order valence-electron chi connectivity index (χ4n) is 2.21. The highest BCUT2D eigenvalue weighted by atomic mass is 16.4. The third kappa shape index (κ3) is 3.48. The number of oxazole rings is 1. The number of benzene rings is 1. The van der Waals surface area contributed by atoms with Gasteiger partial charge < -0.3 is 19.7 Å². The minimum Gasteiger partial charge on any atom is -0.408 e. The first-order chi connectivity index (χ1) is 10.2. The highest BCUT2D eigenvalue weighted by Gasteiger charge is 2.21. The molecule has 0 aliphatic rings. The molecule has 120 valence electrons. The number of hydrogen-bond donors (Lipinski definition) is 2. The van der Waals surface area contributed by atoms with Crippen molar-refractivity contribution in [1.29, 1.82) is 0 Å². The van der Waals surface area contributed by atoms with Gasteiger partial charge in [0.1, 0.15) is 0 Å². The van der Waals surface area contributed by atoms with Crippen LogP contribution in [0.5, 0.6) is 0 Å². The van der Waals surface area contributed by atoms with Crippen LogP contribution in [0.4, 0.5) is 10.5 Å². The Bertz CT molecular complexity index is 739. The van der Waals surface area contributed by atoms with Crippen LogP contribution in [-0.4, -0.2) is 39.3 Å². The first kappa shape index (κ1) is 16.1. The SMILES string of the molecule is CCN(CC(C)(C)O)C(=O)Nc1ccc2c(c1)oc(=O)n2C. The predicted molar refractivity (Wildman–Crippen MR) is 84.0 cm³/mol. The molecule has 0 saturated carbocycles. The van der Waals surface area contributed by atoms with Gasteiger partial charge in [-0.2, -0.15) is 0 Å². The van der Waals surface area contributed by atoms with Gasteiger partial charge in [-0.25, -0.2) is 9.59 Å². The van der Waals surface area contributed by atoms with E-state index in [9.17, 15) is 14.7 Å². The van der Waals surface area contributed by atoms with Crippen molar-refractivity contribution in [3.05, 3.63) is 28.7 Å². The van der Waals surface area contributed by atoms with Crippen molar-refractivity contribution in [3.63, 3.8) is 0 Å². The number of hydrogen-bond acceptors (Lipinski definition) is 4. The molecule has 0 aliphatic carbocycles. The summed E-state index contributed by atoms with van der Waals surface area (Å²) in [4.78, 5) is 25.2. The van der Waals surface area contributed by atoms with Gasteiger partial charge in [-0.15, -0.1) is 0 Å². The van der Waals surface area contributed by atoms with Crippen molar-refractivity contribution in [2.45, 2.75) is 26.4 Å². The topological polar surface area (TPSA) is 87.7 Å². The van der Waals surface area contributed by atoms with E-state index in [1.807, 2.05) is 6.92 Å². The zero-order valence-corrected chi connectivity index (χ0v) is 13.2. The molecule has 0 unspecified atom stereocenters. The molecule has 0 aliphatic heterocycles. The van der Waals surface area contributed by atoms with E-state index >= 15 is 0 Å². The van der Waals surface area contributed by atoms with Crippen molar-refractivity contribution in [3.8, 4) is 0 Å². The van der Waals surface area contributed by atoms with Crippen LogP contribution in [-0.2, 0) is 7.05 Å². The number of nitrogens with one attached hydrogen (secondary N) is 1. The molecule has 7 heteroatoms. The van der Waals surface area contributed by atoms with Crippen LogP contribution in [0.15, 0.2) is 27.4 Å². The van der Waals surface area contributed by atoms with E-state index in [4.69, 9.17) is 4.42 Å². The predicted octanol–water partition coefficient (Wildman–Crippen LogP) is 1.76. The summed E-state index contributed by atoms with van der Waals surface area (Å²) in [5.41, 5.74) is 0.632. The monoisotopic (exact) mass is 307 g/mol. The van der Waals surface area contributed by atoms with Crippen LogP contribution >= 0.6 is 0 Å². The molecule has 0 spiro atoms. The second-order valence-corrected chi connectivity index (χ2v) is 5.87. The molecule has 22 heavy (non-hydrogen) atoms. The zero-order chi connectivity index (χ0) is 16.5. The average Bonchev–Trinajstić information content (AvgIpc) is 2.70. The van der Waals surface area contributed by atoms with Gasteiger partial charge >= 0.3 is 11.8 Å². The molecule has 2 N–H and O–H groups in total. The Morgan fingerprint density at radius 3 is 2.73 bits per heavy atom. The maximum atomic E-state index is 12.2. The van der Waals surface area contributed by atoms with Crippen molar-refractivity contribution in [2.75, 3.05) is 18.4 Å². The average molecular weight is 307 g/mol. The van der Waals surface area contributed by atoms with Crippen molar-refractivity contribution in [2.24, 2.45) is 7.05 Å². The smallest absolute Gasteiger partial charge is 0.408 e. The number of anilines is 1. The number of aromatic nitrogens is 1. The lowest BCUT2D eigenvalue weighted by Gasteiger charge is -2.28. The maximum Gasteiger partial charge on any atom is 0.419 e. The number of aliphatic hydroxyl groups is 1. The Morgan fingerprint density at radius 1 is 1.45 bits per heavy atom. The molecular weight excluding hydrogens is 286 g/mol. The minimum atomic E-state index is -0.969. The number of amides is 2. The summed E-state index contributed by atoms with van der Waals surface area (Å²) in [6, 6.07) is 4.70. The number of aryl methyl sites for hydroxylation is 1. The third-order valence-corrected chi connectivity index (χ3v) is 3.29. The lowest BCUT2D eigenvalue weighted by atomic mass is 10.1. The summed E-state index contributed by atoms with van der Waals surface area (Å²) in [5.74, 6) is -0.448. The highest BCUT2D eigenvalue weighted by Crippen LogP contribution is 2.18. The van der Waals surface area contributed by atoms with Gasteiger partial charge in [0.25, 0.3) is 0 Å². The fourth-order valence-corrected chi connectivity index (χ4v) is 2.21. The van der Waals surface area contributed by atoms with Crippen LogP contribution in [0.25, 0.3) is 11.1 Å². The lowest BCUT2D eigenvalue weighted by molar-refractivity contribution is 0.0501. The molecule has 0 bridgehead atoms. The largest absolute Gasteiger partial charge is 0.419 e. The minimum absolute atomic E-state index is 0.220. The van der Waals surface area contributed by atoms with Crippen molar-refractivity contribution < 1.29 is 14.3 Å². The van der Waals surface area contributed by atoms with E-state index < -0.39 is 11.4 Å². The van der Waals surface area contributed by atoms with Crippen LogP contribution in [0.3, 0.4) is 0 Å². The number of nitrogens with zero attached hydrogens (tertiary/aromatic N) is 2. The van der Waals surface area contributed by atoms with Crippen LogP contribution in [0.2, 0.25) is 0 Å². The molecule has 1 aromatic heterocycles. The van der Waals surface area contributed by atoms with Crippen LogP contribution < -0.4 is 11.1 Å². The van der Waals surface area contributed by atoms with E-state index in [1.54, 1.807) is 39.1 Å². The normalized spacial score (nSPS) is 11.7. The zero-order valence-electron chi connectivity index (χ0n) is 13.2. The van der Waals surface area contributed by atoms with Crippen LogP contribution in [0, 0.1) is 0 Å². The molecule has 1 aromatic carbocycles. The second kappa shape index (κ2) is 5.84. The standard InChI is InChI=1S/C15H21N3O4/c1-5-18(9-15(2,3)21)13(19)16-10-6-7-11-12(8-10)22-14(20)17(11)4/h6-8,21H,5,9H2,1-4H3,(H,16,19). The van der Waals surface area contributed by atoms with E-state index in [2.05, 4.69) is 5.32 Å². The van der Waals surface area contributed by atoms with Crippen molar-refractivity contribution in [1.82, 2.24) is 9.47 Å². The van der Waals surface area contributed by atoms with Gasteiger partial charge in [0, 0.05) is 25.3 Å². The van der Waals surface area contributed by atoms with E-state index in [1.165, 1.54) is 9.47 Å². The summed E-state index contributed by atoms with van der Waals surface area (Å²) in [6.07, 6.45) is 0. The maximum absolute atomic E-state index is 12.2. The van der Waals surface area contributed by atoms with Crippen molar-refractivity contribution >= 4 is 22.8 Å².